The highest BCUT2D eigenvalue weighted by Crippen LogP contribution is 2.36. The smallest absolute Gasteiger partial charge is 0.191 e. The molecule has 5 nitrogen and oxygen atoms in total. The number of aliphatic hydroxyl groups excluding tert-OH is 1. The molecule has 0 aliphatic rings. The molecule has 0 aliphatic carbocycles. The molecule has 192 valence electrons. The van der Waals surface area contributed by atoms with Crippen molar-refractivity contribution >= 4 is 16.4 Å². The molecule has 0 saturated carbocycles. The number of hydrogen-bond acceptors (Lipinski definition) is 4. The summed E-state index contributed by atoms with van der Waals surface area (Å²) in [6.45, 7) is 20.3. The number of aliphatic hydroxyl groups is 1. The lowest BCUT2D eigenvalue weighted by atomic mass is 10.0. The molecular weight excluding hydrogens is 456 g/mol. The maximum absolute atomic E-state index is 11.0. The van der Waals surface area contributed by atoms with Gasteiger partial charge in [-0.05, 0) is 61.0 Å². The molecule has 2 rings (SSSR count). The summed E-state index contributed by atoms with van der Waals surface area (Å²) < 4.78 is 14.2. The summed E-state index contributed by atoms with van der Waals surface area (Å²) >= 11 is 0. The zero-order valence-corrected chi connectivity index (χ0v) is 24.9. The third kappa shape index (κ3) is 9.78. The topological polar surface area (TPSA) is 56.5 Å². The molecule has 1 heterocycles. The highest BCUT2D eigenvalue weighted by atomic mass is 28.4. The van der Waals surface area contributed by atoms with Gasteiger partial charge >= 0.3 is 0 Å². The monoisotopic (exact) mass is 504 g/mol. The Balaban J connectivity index is 2.01. The molecular formula is C27H48N2O3Si2. The van der Waals surface area contributed by atoms with Gasteiger partial charge in [-0.15, -0.1) is 0 Å². The van der Waals surface area contributed by atoms with E-state index < -0.39 is 22.5 Å². The standard InChI is InChI=1S/C27H48N2O3Si2/c1-27(2,3)34(7,8)32-18-17-24-21-29(22-31-19-20-33(4,5)6)28-26(24)25(30)16-12-15-23-13-10-9-11-14-23/h9-11,13-14,21,25,30H,12,15-20,22H2,1-8H3. The van der Waals surface area contributed by atoms with E-state index in [2.05, 4.69) is 77.8 Å². The number of aromatic nitrogens is 2. The van der Waals surface area contributed by atoms with Crippen LogP contribution in [-0.2, 0) is 28.7 Å². The van der Waals surface area contributed by atoms with Crippen molar-refractivity contribution in [2.24, 2.45) is 0 Å². The Bertz CT molecular complexity index is 855. The van der Waals surface area contributed by atoms with Crippen molar-refractivity contribution in [3.8, 4) is 0 Å². The number of nitrogens with zero attached hydrogens (tertiary/aromatic N) is 2. The van der Waals surface area contributed by atoms with Crippen LogP contribution in [0.2, 0.25) is 43.8 Å². The molecule has 0 amide bonds. The van der Waals surface area contributed by atoms with E-state index in [1.807, 2.05) is 16.9 Å². The van der Waals surface area contributed by atoms with Gasteiger partial charge < -0.3 is 14.3 Å². The first kappa shape index (κ1) is 29.0. The second kappa shape index (κ2) is 12.6. The van der Waals surface area contributed by atoms with Crippen LogP contribution in [0.25, 0.3) is 0 Å². The predicted octanol–water partition coefficient (Wildman–Crippen LogP) is 6.82. The van der Waals surface area contributed by atoms with Crippen molar-refractivity contribution in [2.75, 3.05) is 13.2 Å². The number of aryl methyl sites for hydroxylation is 1. The summed E-state index contributed by atoms with van der Waals surface area (Å²) in [6, 6.07) is 11.6. The van der Waals surface area contributed by atoms with E-state index in [4.69, 9.17) is 14.3 Å². The van der Waals surface area contributed by atoms with E-state index in [-0.39, 0.29) is 5.04 Å². The van der Waals surface area contributed by atoms with Gasteiger partial charge in [0.25, 0.3) is 0 Å². The van der Waals surface area contributed by atoms with Gasteiger partial charge in [-0.3, -0.25) is 0 Å². The van der Waals surface area contributed by atoms with Crippen LogP contribution in [-0.4, -0.2) is 44.5 Å². The van der Waals surface area contributed by atoms with Crippen LogP contribution in [0.1, 0.15) is 56.5 Å². The van der Waals surface area contributed by atoms with E-state index >= 15 is 0 Å². The molecule has 7 heteroatoms. The molecule has 0 bridgehead atoms. The number of rotatable bonds is 14. The minimum atomic E-state index is -1.81. The first-order valence-electron chi connectivity index (χ1n) is 12.8. The molecule has 1 unspecified atom stereocenters. The van der Waals surface area contributed by atoms with Crippen LogP contribution in [0.15, 0.2) is 36.5 Å². The number of hydrogen-bond donors (Lipinski definition) is 1. The molecule has 34 heavy (non-hydrogen) atoms. The van der Waals surface area contributed by atoms with Crippen molar-refractivity contribution in [3.63, 3.8) is 0 Å². The van der Waals surface area contributed by atoms with E-state index in [0.717, 1.165) is 43.2 Å². The fourth-order valence-electron chi connectivity index (χ4n) is 3.47. The summed E-state index contributed by atoms with van der Waals surface area (Å²) in [6.07, 6.45) is 4.80. The summed E-state index contributed by atoms with van der Waals surface area (Å²) in [7, 11) is -2.93. The fraction of sp³-hybridized carbons (Fsp3) is 0.667. The van der Waals surface area contributed by atoms with Crippen molar-refractivity contribution in [3.05, 3.63) is 53.3 Å². The van der Waals surface area contributed by atoms with Gasteiger partial charge in [0.2, 0.25) is 0 Å². The Morgan fingerprint density at radius 2 is 1.68 bits per heavy atom. The van der Waals surface area contributed by atoms with Crippen LogP contribution in [0.4, 0.5) is 0 Å². The van der Waals surface area contributed by atoms with Gasteiger partial charge in [0.15, 0.2) is 8.32 Å². The minimum absolute atomic E-state index is 0.182. The average molecular weight is 505 g/mol. The van der Waals surface area contributed by atoms with Gasteiger partial charge in [-0.1, -0.05) is 70.7 Å². The Morgan fingerprint density at radius 1 is 1.00 bits per heavy atom. The lowest BCUT2D eigenvalue weighted by molar-refractivity contribution is 0.0767. The molecule has 0 aliphatic heterocycles. The molecule has 1 N–H and O–H groups in total. The molecule has 0 fully saturated rings. The number of ether oxygens (including phenoxy) is 1. The van der Waals surface area contributed by atoms with Crippen molar-refractivity contribution in [2.45, 2.75) is 103 Å². The third-order valence-corrected chi connectivity index (χ3v) is 13.1. The van der Waals surface area contributed by atoms with Crippen LogP contribution in [0.5, 0.6) is 0 Å². The lowest BCUT2D eigenvalue weighted by Gasteiger charge is -2.36. The lowest BCUT2D eigenvalue weighted by Crippen LogP contribution is -2.41. The van der Waals surface area contributed by atoms with Crippen LogP contribution in [0.3, 0.4) is 0 Å². The maximum atomic E-state index is 11.0. The summed E-state index contributed by atoms with van der Waals surface area (Å²) in [5, 5.41) is 15.9. The fourth-order valence-corrected chi connectivity index (χ4v) is 5.27. The summed E-state index contributed by atoms with van der Waals surface area (Å²) in [5.41, 5.74) is 3.15. The van der Waals surface area contributed by atoms with E-state index in [1.165, 1.54) is 5.56 Å². The van der Waals surface area contributed by atoms with Crippen LogP contribution < -0.4 is 0 Å². The summed E-state index contributed by atoms with van der Waals surface area (Å²) in [4.78, 5) is 0. The van der Waals surface area contributed by atoms with E-state index in [1.54, 1.807) is 0 Å². The zero-order chi connectivity index (χ0) is 25.4. The molecule has 0 radical (unpaired) electrons. The molecule has 0 saturated heterocycles. The summed E-state index contributed by atoms with van der Waals surface area (Å²) in [5.74, 6) is 0. The van der Waals surface area contributed by atoms with Crippen molar-refractivity contribution in [1.82, 2.24) is 9.78 Å². The largest absolute Gasteiger partial charge is 0.416 e. The Labute approximate surface area is 210 Å². The van der Waals surface area contributed by atoms with Gasteiger partial charge in [-0.2, -0.15) is 5.10 Å². The second-order valence-corrected chi connectivity index (χ2v) is 22.6. The minimum Gasteiger partial charge on any atom is -0.416 e. The predicted molar refractivity (Wildman–Crippen MR) is 148 cm³/mol. The molecule has 1 atom stereocenters. The normalized spacial score (nSPS) is 13.9. The first-order valence-corrected chi connectivity index (χ1v) is 19.4. The molecule has 1 aromatic carbocycles. The second-order valence-electron chi connectivity index (χ2n) is 12.2. The van der Waals surface area contributed by atoms with Crippen LogP contribution >= 0.6 is 0 Å². The van der Waals surface area contributed by atoms with Crippen molar-refractivity contribution < 1.29 is 14.3 Å². The highest BCUT2D eigenvalue weighted by Gasteiger charge is 2.37. The highest BCUT2D eigenvalue weighted by molar-refractivity contribution is 6.76. The van der Waals surface area contributed by atoms with E-state index in [9.17, 15) is 5.11 Å². The first-order chi connectivity index (χ1) is 15.8. The van der Waals surface area contributed by atoms with Gasteiger partial charge in [0.1, 0.15) is 6.73 Å². The Morgan fingerprint density at radius 3 is 2.29 bits per heavy atom. The Hall–Kier alpha value is -1.26. The van der Waals surface area contributed by atoms with Gasteiger partial charge in [-0.25, -0.2) is 4.68 Å². The Kier molecular flexibility index (Phi) is 10.8. The zero-order valence-electron chi connectivity index (χ0n) is 22.9. The SMILES string of the molecule is CC(C)(C)[Si](C)(C)OCCc1cn(COCC[Si](C)(C)C)nc1C(O)CCCc1ccccc1. The average Bonchev–Trinajstić information content (AvgIpc) is 3.13. The molecule has 0 spiro atoms. The van der Waals surface area contributed by atoms with Gasteiger partial charge in [0.05, 0.1) is 11.8 Å². The van der Waals surface area contributed by atoms with Gasteiger partial charge in [0, 0.05) is 27.5 Å². The third-order valence-electron chi connectivity index (χ3n) is 6.83. The number of benzene rings is 1. The molecule has 2 aromatic rings. The van der Waals surface area contributed by atoms with Crippen molar-refractivity contribution in [1.29, 1.82) is 0 Å². The van der Waals surface area contributed by atoms with Crippen LogP contribution in [0, 0.1) is 0 Å². The van der Waals surface area contributed by atoms with E-state index in [0.29, 0.717) is 19.8 Å². The molecule has 1 aromatic heterocycles. The quantitative estimate of drug-likeness (QED) is 0.227. The maximum Gasteiger partial charge on any atom is 0.191 e.